The second-order valence-corrected chi connectivity index (χ2v) is 5.16. The van der Waals surface area contributed by atoms with Crippen LogP contribution in [0.15, 0.2) is 46.6 Å². The fourth-order valence-corrected chi connectivity index (χ4v) is 2.00. The fourth-order valence-electron chi connectivity index (χ4n) is 1.67. The molecule has 0 fully saturated rings. The maximum absolute atomic E-state index is 6.02. The molecule has 0 aliphatic carbocycles. The zero-order valence-electron chi connectivity index (χ0n) is 12.8. The van der Waals surface area contributed by atoms with E-state index in [1.807, 2.05) is 13.8 Å². The van der Waals surface area contributed by atoms with Crippen molar-refractivity contribution in [3.8, 4) is 0 Å². The molecule has 2 heterocycles. The third-order valence-corrected chi connectivity index (χ3v) is 3.39. The summed E-state index contributed by atoms with van der Waals surface area (Å²) in [5.74, 6) is 1.00. The second-order valence-electron chi connectivity index (χ2n) is 4.45. The lowest BCUT2D eigenvalue weighted by Crippen LogP contribution is -2.10. The number of hydrogen-bond acceptors (Lipinski definition) is 5. The summed E-state index contributed by atoms with van der Waals surface area (Å²) in [6.45, 7) is 3.88. The van der Waals surface area contributed by atoms with Crippen molar-refractivity contribution < 1.29 is 4.74 Å². The molecule has 0 amide bonds. The smallest absolute Gasteiger partial charge is 0.196 e. The van der Waals surface area contributed by atoms with Crippen molar-refractivity contribution in [2.75, 3.05) is 0 Å². The summed E-state index contributed by atoms with van der Waals surface area (Å²) in [5.41, 5.74) is 1.11. The van der Waals surface area contributed by atoms with Crippen LogP contribution in [-0.2, 0) is 4.74 Å². The maximum atomic E-state index is 6.02. The number of rotatable bonds is 4. The summed E-state index contributed by atoms with van der Waals surface area (Å²) >= 11 is 12.0. The first-order chi connectivity index (χ1) is 11.1. The van der Waals surface area contributed by atoms with Crippen LogP contribution in [0.5, 0.6) is 0 Å². The molecule has 0 saturated carbocycles. The molecule has 0 N–H and O–H groups in total. The highest BCUT2D eigenvalue weighted by Gasteiger charge is 2.08. The molecular formula is C16H16Cl2N4O. The predicted molar refractivity (Wildman–Crippen MR) is 94.4 cm³/mol. The van der Waals surface area contributed by atoms with Gasteiger partial charge in [0.15, 0.2) is 22.1 Å². The Labute approximate surface area is 145 Å². The number of pyridine rings is 2. The molecule has 2 rings (SSSR count). The van der Waals surface area contributed by atoms with Gasteiger partial charge in [-0.3, -0.25) is 0 Å². The van der Waals surface area contributed by atoms with E-state index in [-0.39, 0.29) is 0 Å². The average Bonchev–Trinajstić information content (AvgIpc) is 2.57. The van der Waals surface area contributed by atoms with Crippen molar-refractivity contribution in [3.63, 3.8) is 0 Å². The Kier molecular flexibility index (Phi) is 6.50. The van der Waals surface area contributed by atoms with Crippen LogP contribution in [-0.4, -0.2) is 21.8 Å². The van der Waals surface area contributed by atoms with Gasteiger partial charge >= 0.3 is 0 Å². The first-order valence-electron chi connectivity index (χ1n) is 7.18. The first kappa shape index (κ1) is 17.4. The van der Waals surface area contributed by atoms with Crippen LogP contribution in [0.3, 0.4) is 0 Å². The van der Waals surface area contributed by atoms with Crippen LogP contribution in [0.4, 0.5) is 11.4 Å². The van der Waals surface area contributed by atoms with Gasteiger partial charge in [-0.25, -0.2) is 20.0 Å². The molecule has 7 heteroatoms. The summed E-state index contributed by atoms with van der Waals surface area (Å²) in [6, 6.07) is 7.08. The van der Waals surface area contributed by atoms with E-state index >= 15 is 0 Å². The van der Waals surface area contributed by atoms with E-state index in [2.05, 4.69) is 20.0 Å². The fraction of sp³-hybridized carbons (Fsp3) is 0.250. The lowest BCUT2D eigenvalue weighted by molar-refractivity contribution is 0.515. The van der Waals surface area contributed by atoms with Crippen molar-refractivity contribution in [1.82, 2.24) is 9.97 Å². The van der Waals surface area contributed by atoms with Crippen molar-refractivity contribution in [2.24, 2.45) is 9.98 Å². The lowest BCUT2D eigenvalue weighted by atomic mass is 10.4. The van der Waals surface area contributed by atoms with Gasteiger partial charge in [0.25, 0.3) is 0 Å². The van der Waals surface area contributed by atoms with Gasteiger partial charge in [0, 0.05) is 25.2 Å². The highest BCUT2D eigenvalue weighted by Crippen LogP contribution is 2.23. The average molecular weight is 351 g/mol. The van der Waals surface area contributed by atoms with Crippen molar-refractivity contribution in [1.29, 1.82) is 0 Å². The van der Waals surface area contributed by atoms with Crippen LogP contribution in [0.2, 0.25) is 10.3 Å². The zero-order valence-corrected chi connectivity index (χ0v) is 14.3. The Morgan fingerprint density at radius 3 is 1.70 bits per heavy atom. The number of hydrogen-bond donors (Lipinski definition) is 0. The highest BCUT2D eigenvalue weighted by molar-refractivity contribution is 6.32. The van der Waals surface area contributed by atoms with Gasteiger partial charge < -0.3 is 4.74 Å². The highest BCUT2D eigenvalue weighted by atomic mass is 35.5. The molecular weight excluding hydrogens is 335 g/mol. The second kappa shape index (κ2) is 8.60. The maximum Gasteiger partial charge on any atom is 0.196 e. The lowest BCUT2D eigenvalue weighted by Gasteiger charge is -2.09. The number of nitrogens with zero attached hydrogens (tertiary/aromatic N) is 4. The van der Waals surface area contributed by atoms with E-state index in [0.29, 0.717) is 46.3 Å². The molecule has 120 valence electrons. The van der Waals surface area contributed by atoms with Gasteiger partial charge in [-0.05, 0) is 24.3 Å². The molecule has 0 bridgehead atoms. The van der Waals surface area contributed by atoms with E-state index in [1.54, 1.807) is 36.7 Å². The minimum atomic E-state index is 0.326. The van der Waals surface area contributed by atoms with Crippen LogP contribution in [0, 0.1) is 0 Å². The molecule has 5 nitrogen and oxygen atoms in total. The van der Waals surface area contributed by atoms with E-state index in [1.165, 1.54) is 0 Å². The Balaban J connectivity index is 2.26. The molecule has 0 atom stereocenters. The van der Waals surface area contributed by atoms with E-state index in [9.17, 15) is 0 Å². The molecule has 0 aliphatic rings. The Bertz CT molecular complexity index is 670. The van der Waals surface area contributed by atoms with Gasteiger partial charge in [0.05, 0.1) is 0 Å². The molecule has 2 aromatic heterocycles. The molecule has 0 aromatic carbocycles. The summed E-state index contributed by atoms with van der Waals surface area (Å²) in [6.07, 6.45) is 4.39. The molecule has 2 aromatic rings. The molecule has 23 heavy (non-hydrogen) atoms. The predicted octanol–water partition coefficient (Wildman–Crippen LogP) is 5.38. The minimum absolute atomic E-state index is 0.326. The normalized spacial score (nSPS) is 12.3. The van der Waals surface area contributed by atoms with Crippen LogP contribution in [0.1, 0.15) is 26.7 Å². The summed E-state index contributed by atoms with van der Waals surface area (Å²) in [4.78, 5) is 16.8. The van der Waals surface area contributed by atoms with Crippen molar-refractivity contribution in [3.05, 3.63) is 47.0 Å². The molecule has 0 radical (unpaired) electrons. The topological polar surface area (TPSA) is 59.7 Å². The van der Waals surface area contributed by atoms with Gasteiger partial charge in [-0.1, -0.05) is 37.0 Å². The number of halogens is 2. The zero-order chi connectivity index (χ0) is 16.7. The Morgan fingerprint density at radius 2 is 1.35 bits per heavy atom. The molecule has 0 spiro atoms. The van der Waals surface area contributed by atoms with Crippen LogP contribution in [0.25, 0.3) is 0 Å². The van der Waals surface area contributed by atoms with Crippen molar-refractivity contribution >= 4 is 46.4 Å². The van der Waals surface area contributed by atoms with Crippen LogP contribution >= 0.6 is 23.2 Å². The quantitative estimate of drug-likeness (QED) is 0.422. The monoisotopic (exact) mass is 350 g/mol. The van der Waals surface area contributed by atoms with Gasteiger partial charge in [0.1, 0.15) is 11.4 Å². The Morgan fingerprint density at radius 1 is 0.913 bits per heavy atom. The SMILES string of the molecule is CCC(=Nc1cccnc1Cl)OC(CC)=Nc1cccnc1Cl. The molecule has 0 saturated heterocycles. The standard InChI is InChI=1S/C16H16Cl2N4O/c1-3-13(21-11-7-5-9-19-15(11)17)23-14(4-2)22-12-8-6-10-20-16(12)18/h5-10H,3-4H2,1-2H3. The van der Waals surface area contributed by atoms with Gasteiger partial charge in [-0.2, -0.15) is 0 Å². The molecule has 0 aliphatic heterocycles. The molecule has 0 unspecified atom stereocenters. The van der Waals surface area contributed by atoms with Crippen LogP contribution < -0.4 is 0 Å². The summed E-state index contributed by atoms with van der Waals surface area (Å²) < 4.78 is 5.79. The van der Waals surface area contributed by atoms with Crippen molar-refractivity contribution in [2.45, 2.75) is 26.7 Å². The van der Waals surface area contributed by atoms with E-state index in [0.717, 1.165) is 0 Å². The minimum Gasteiger partial charge on any atom is -0.429 e. The largest absolute Gasteiger partial charge is 0.429 e. The number of ether oxygens (including phenoxy) is 1. The van der Waals surface area contributed by atoms with E-state index in [4.69, 9.17) is 27.9 Å². The number of aliphatic imine (C=N–C) groups is 2. The Hall–Kier alpha value is -1.98. The van der Waals surface area contributed by atoms with E-state index < -0.39 is 0 Å². The third kappa shape index (κ3) is 5.01. The van der Waals surface area contributed by atoms with Gasteiger partial charge in [0.2, 0.25) is 0 Å². The third-order valence-electron chi connectivity index (χ3n) is 2.81. The summed E-state index contributed by atoms with van der Waals surface area (Å²) in [7, 11) is 0. The summed E-state index contributed by atoms with van der Waals surface area (Å²) in [5, 5.41) is 0.652. The first-order valence-corrected chi connectivity index (χ1v) is 7.93. The van der Waals surface area contributed by atoms with Gasteiger partial charge in [-0.15, -0.1) is 0 Å². The number of aromatic nitrogens is 2.